The Morgan fingerprint density at radius 1 is 1.73 bits per heavy atom. The molecule has 0 fully saturated rings. The van der Waals surface area contributed by atoms with Crippen LogP contribution in [0.1, 0.15) is 20.3 Å². The molecule has 0 saturated carbocycles. The van der Waals surface area contributed by atoms with Crippen LogP contribution < -0.4 is 0 Å². The highest BCUT2D eigenvalue weighted by Gasteiger charge is 2.16. The Morgan fingerprint density at radius 2 is 2.45 bits per heavy atom. The highest BCUT2D eigenvalue weighted by Crippen LogP contribution is 2.16. The van der Waals surface area contributed by atoms with Gasteiger partial charge in [-0.3, -0.25) is 0 Å². The van der Waals surface area contributed by atoms with Gasteiger partial charge in [-0.05, 0) is 25.8 Å². The average molecular weight is 155 g/mol. The minimum absolute atomic E-state index is 0.0506. The zero-order valence-corrected chi connectivity index (χ0v) is 6.82. The molecule has 0 spiro atoms. The molecule has 3 nitrogen and oxygen atoms in total. The smallest absolute Gasteiger partial charge is 0.0813 e. The minimum Gasteiger partial charge on any atom is -0.411 e. The van der Waals surface area contributed by atoms with Crippen molar-refractivity contribution in [2.75, 3.05) is 0 Å². The fourth-order valence-electron chi connectivity index (χ4n) is 1.17. The van der Waals surface area contributed by atoms with Gasteiger partial charge in [-0.25, -0.2) is 0 Å². The second-order valence-corrected chi connectivity index (χ2v) is 2.77. The van der Waals surface area contributed by atoms with E-state index in [1.165, 1.54) is 6.21 Å². The van der Waals surface area contributed by atoms with Crippen LogP contribution in [0.4, 0.5) is 0 Å². The lowest BCUT2D eigenvalue weighted by Crippen LogP contribution is -2.23. The Hall–Kier alpha value is -0.830. The first kappa shape index (κ1) is 8.27. The molecule has 0 aromatic heterocycles. The van der Waals surface area contributed by atoms with Crippen LogP contribution in [-0.4, -0.2) is 23.6 Å². The van der Waals surface area contributed by atoms with Crippen molar-refractivity contribution >= 4 is 6.21 Å². The third-order valence-electron chi connectivity index (χ3n) is 1.80. The number of oxime groups is 1. The van der Waals surface area contributed by atoms with Gasteiger partial charge in [-0.15, -0.1) is 0 Å². The van der Waals surface area contributed by atoms with E-state index in [0.29, 0.717) is 0 Å². The average Bonchev–Trinajstić information content (AvgIpc) is 1.95. The molecule has 0 amide bonds. The second kappa shape index (κ2) is 3.53. The largest absolute Gasteiger partial charge is 0.411 e. The summed E-state index contributed by atoms with van der Waals surface area (Å²) in [5.74, 6) is 0. The van der Waals surface area contributed by atoms with Crippen LogP contribution in [0.25, 0.3) is 0 Å². The fourth-order valence-corrected chi connectivity index (χ4v) is 1.17. The van der Waals surface area contributed by atoms with E-state index in [1.54, 1.807) is 0 Å². The summed E-state index contributed by atoms with van der Waals surface area (Å²) in [6, 6.07) is 0. The molecule has 11 heavy (non-hydrogen) atoms. The van der Waals surface area contributed by atoms with Crippen molar-refractivity contribution in [2.24, 2.45) is 5.16 Å². The summed E-state index contributed by atoms with van der Waals surface area (Å²) in [7, 11) is 0. The molecular weight excluding hydrogens is 142 g/mol. The molecule has 1 aliphatic heterocycles. The molecule has 2 unspecified atom stereocenters. The van der Waals surface area contributed by atoms with Gasteiger partial charge in [-0.2, -0.15) is 0 Å². The molecule has 1 N–H and O–H groups in total. The Labute approximate surface area is 66.4 Å². The maximum absolute atomic E-state index is 8.28. The lowest BCUT2D eigenvalue weighted by molar-refractivity contribution is 0.0238. The summed E-state index contributed by atoms with van der Waals surface area (Å²) in [5.41, 5.74) is 0.950. The van der Waals surface area contributed by atoms with Gasteiger partial charge in [0.2, 0.25) is 0 Å². The van der Waals surface area contributed by atoms with Gasteiger partial charge in [0.05, 0.1) is 18.4 Å². The SMILES string of the molecule is CC1CC=C(C=NO)C(C)O1. The van der Waals surface area contributed by atoms with E-state index < -0.39 is 0 Å². The van der Waals surface area contributed by atoms with Gasteiger partial charge in [0.25, 0.3) is 0 Å². The summed E-state index contributed by atoms with van der Waals surface area (Å²) < 4.78 is 5.48. The minimum atomic E-state index is 0.0506. The Morgan fingerprint density at radius 3 is 3.00 bits per heavy atom. The molecule has 62 valence electrons. The van der Waals surface area contributed by atoms with Gasteiger partial charge >= 0.3 is 0 Å². The lowest BCUT2D eigenvalue weighted by atomic mass is 10.1. The van der Waals surface area contributed by atoms with E-state index in [4.69, 9.17) is 9.94 Å². The quantitative estimate of drug-likeness (QED) is 0.355. The van der Waals surface area contributed by atoms with E-state index in [1.807, 2.05) is 19.9 Å². The molecule has 1 heterocycles. The third kappa shape index (κ3) is 2.05. The zero-order chi connectivity index (χ0) is 8.27. The third-order valence-corrected chi connectivity index (χ3v) is 1.80. The summed E-state index contributed by atoms with van der Waals surface area (Å²) in [5, 5.41) is 11.2. The molecule has 1 aliphatic rings. The molecule has 0 bridgehead atoms. The zero-order valence-electron chi connectivity index (χ0n) is 6.82. The maximum Gasteiger partial charge on any atom is 0.0813 e. The van der Waals surface area contributed by atoms with Crippen molar-refractivity contribution in [3.63, 3.8) is 0 Å². The topological polar surface area (TPSA) is 41.8 Å². The standard InChI is InChI=1S/C8H13NO2/c1-6-3-4-8(5-9-10)7(2)11-6/h4-7,10H,3H2,1-2H3. The first-order valence-electron chi connectivity index (χ1n) is 3.77. The van der Waals surface area contributed by atoms with E-state index in [2.05, 4.69) is 5.16 Å². The van der Waals surface area contributed by atoms with Crippen LogP contribution >= 0.6 is 0 Å². The van der Waals surface area contributed by atoms with Gasteiger partial charge in [-0.1, -0.05) is 11.2 Å². The van der Waals surface area contributed by atoms with E-state index in [0.717, 1.165) is 12.0 Å². The molecule has 1 rings (SSSR count). The van der Waals surface area contributed by atoms with Crippen molar-refractivity contribution in [1.82, 2.24) is 0 Å². The lowest BCUT2D eigenvalue weighted by Gasteiger charge is -2.23. The van der Waals surface area contributed by atoms with Crippen LogP contribution in [0.15, 0.2) is 16.8 Å². The van der Waals surface area contributed by atoms with E-state index in [9.17, 15) is 0 Å². The summed E-state index contributed by atoms with van der Waals surface area (Å²) in [6.45, 7) is 3.98. The molecular formula is C8H13NO2. The van der Waals surface area contributed by atoms with Crippen LogP contribution in [0.5, 0.6) is 0 Å². The number of hydrogen-bond donors (Lipinski definition) is 1. The van der Waals surface area contributed by atoms with Crippen molar-refractivity contribution in [1.29, 1.82) is 0 Å². The summed E-state index contributed by atoms with van der Waals surface area (Å²) in [6.07, 6.45) is 4.69. The highest BCUT2D eigenvalue weighted by atomic mass is 16.5. The Kier molecular flexibility index (Phi) is 2.65. The first-order chi connectivity index (χ1) is 5.24. The molecule has 0 radical (unpaired) electrons. The Bertz CT molecular complexity index is 187. The van der Waals surface area contributed by atoms with E-state index >= 15 is 0 Å². The van der Waals surface area contributed by atoms with Gasteiger partial charge in [0.15, 0.2) is 0 Å². The molecule has 0 aromatic rings. The number of nitrogens with zero attached hydrogens (tertiary/aromatic N) is 1. The van der Waals surface area contributed by atoms with Crippen molar-refractivity contribution in [2.45, 2.75) is 32.5 Å². The van der Waals surface area contributed by atoms with Gasteiger partial charge < -0.3 is 9.94 Å². The van der Waals surface area contributed by atoms with Crippen molar-refractivity contribution in [3.8, 4) is 0 Å². The normalized spacial score (nSPS) is 32.4. The number of rotatable bonds is 1. The predicted octanol–water partition coefficient (Wildman–Crippen LogP) is 1.57. The molecule has 0 aliphatic carbocycles. The fraction of sp³-hybridized carbons (Fsp3) is 0.625. The monoisotopic (exact) mass is 155 g/mol. The van der Waals surface area contributed by atoms with E-state index in [-0.39, 0.29) is 12.2 Å². The van der Waals surface area contributed by atoms with Crippen molar-refractivity contribution < 1.29 is 9.94 Å². The Balaban J connectivity index is 2.64. The van der Waals surface area contributed by atoms with Gasteiger partial charge in [0, 0.05) is 0 Å². The summed E-state index contributed by atoms with van der Waals surface area (Å²) in [4.78, 5) is 0. The van der Waals surface area contributed by atoms with Crippen LogP contribution in [0.2, 0.25) is 0 Å². The van der Waals surface area contributed by atoms with Crippen LogP contribution in [0, 0.1) is 0 Å². The van der Waals surface area contributed by atoms with Crippen LogP contribution in [-0.2, 0) is 4.74 Å². The van der Waals surface area contributed by atoms with Crippen LogP contribution in [0.3, 0.4) is 0 Å². The summed E-state index contributed by atoms with van der Waals surface area (Å²) >= 11 is 0. The number of hydrogen-bond acceptors (Lipinski definition) is 3. The number of ether oxygens (including phenoxy) is 1. The molecule has 0 aromatic carbocycles. The predicted molar refractivity (Wildman–Crippen MR) is 43.0 cm³/mol. The molecule has 0 saturated heterocycles. The second-order valence-electron chi connectivity index (χ2n) is 2.77. The van der Waals surface area contributed by atoms with Crippen molar-refractivity contribution in [3.05, 3.63) is 11.6 Å². The highest BCUT2D eigenvalue weighted by molar-refractivity contribution is 5.79. The molecule has 2 atom stereocenters. The first-order valence-corrected chi connectivity index (χ1v) is 3.77. The van der Waals surface area contributed by atoms with Gasteiger partial charge in [0.1, 0.15) is 0 Å². The molecule has 3 heteroatoms. The maximum atomic E-state index is 8.28.